The second-order valence-corrected chi connectivity index (χ2v) is 4.50. The molecule has 0 aliphatic heterocycles. The molecular formula is C10H14N2O2S. The van der Waals surface area contributed by atoms with E-state index in [1.807, 2.05) is 20.2 Å². The first-order chi connectivity index (χ1) is 7.09. The van der Waals surface area contributed by atoms with Gasteiger partial charge in [0.1, 0.15) is 5.69 Å². The predicted octanol–water partition coefficient (Wildman–Crippen LogP) is 1.43. The van der Waals surface area contributed by atoms with Gasteiger partial charge in [0.15, 0.2) is 0 Å². The molecule has 0 aliphatic carbocycles. The van der Waals surface area contributed by atoms with Gasteiger partial charge in [-0.2, -0.15) is 0 Å². The summed E-state index contributed by atoms with van der Waals surface area (Å²) in [5.41, 5.74) is 0.102. The molecule has 0 radical (unpaired) electrons. The average Bonchev–Trinajstić information content (AvgIpc) is 2.17. The van der Waals surface area contributed by atoms with Crippen LogP contribution >= 0.6 is 11.8 Å². The van der Waals surface area contributed by atoms with Crippen molar-refractivity contribution in [2.75, 3.05) is 26.4 Å². The summed E-state index contributed by atoms with van der Waals surface area (Å²) >= 11 is 1.64. The van der Waals surface area contributed by atoms with Crippen molar-refractivity contribution in [3.8, 4) is 0 Å². The summed E-state index contributed by atoms with van der Waals surface area (Å²) < 4.78 is 0. The maximum atomic E-state index is 10.7. The fourth-order valence-corrected chi connectivity index (χ4v) is 2.01. The smallest absolute Gasteiger partial charge is 0.354 e. The Morgan fingerprint density at radius 2 is 2.33 bits per heavy atom. The minimum absolute atomic E-state index is 0.102. The van der Waals surface area contributed by atoms with Crippen LogP contribution in [0.3, 0.4) is 0 Å². The number of nitrogens with zero attached hydrogens (tertiary/aromatic N) is 2. The monoisotopic (exact) mass is 226 g/mol. The van der Waals surface area contributed by atoms with Gasteiger partial charge in [-0.05, 0) is 26.2 Å². The van der Waals surface area contributed by atoms with Crippen LogP contribution in [-0.2, 0) is 0 Å². The second-order valence-electron chi connectivity index (χ2n) is 3.33. The molecule has 15 heavy (non-hydrogen) atoms. The zero-order chi connectivity index (χ0) is 11.3. The predicted molar refractivity (Wildman–Crippen MR) is 60.5 cm³/mol. The zero-order valence-electron chi connectivity index (χ0n) is 8.80. The van der Waals surface area contributed by atoms with Crippen molar-refractivity contribution in [3.63, 3.8) is 0 Å². The SMILES string of the molecule is CN(C)CCSc1ccnc(C(=O)O)c1. The molecular weight excluding hydrogens is 212 g/mol. The van der Waals surface area contributed by atoms with Crippen LogP contribution < -0.4 is 0 Å². The van der Waals surface area contributed by atoms with Crippen LogP contribution in [0.5, 0.6) is 0 Å². The fourth-order valence-electron chi connectivity index (χ4n) is 0.964. The molecule has 0 aromatic carbocycles. The minimum atomic E-state index is -0.981. The van der Waals surface area contributed by atoms with E-state index in [0.29, 0.717) is 0 Å². The van der Waals surface area contributed by atoms with Crippen molar-refractivity contribution in [3.05, 3.63) is 24.0 Å². The number of thioether (sulfide) groups is 1. The Morgan fingerprint density at radius 1 is 1.60 bits per heavy atom. The van der Waals surface area contributed by atoms with Crippen LogP contribution in [0.2, 0.25) is 0 Å². The van der Waals surface area contributed by atoms with Gasteiger partial charge in [0.25, 0.3) is 0 Å². The van der Waals surface area contributed by atoms with Crippen molar-refractivity contribution in [1.82, 2.24) is 9.88 Å². The first-order valence-electron chi connectivity index (χ1n) is 4.56. The van der Waals surface area contributed by atoms with Crippen LogP contribution in [0.15, 0.2) is 23.2 Å². The third kappa shape index (κ3) is 4.31. The maximum absolute atomic E-state index is 10.7. The van der Waals surface area contributed by atoms with E-state index >= 15 is 0 Å². The Hall–Kier alpha value is -1.07. The molecule has 0 saturated carbocycles. The van der Waals surface area contributed by atoms with E-state index in [0.717, 1.165) is 17.2 Å². The molecule has 1 rings (SSSR count). The normalized spacial score (nSPS) is 10.6. The molecule has 0 aliphatic rings. The van der Waals surface area contributed by atoms with Gasteiger partial charge < -0.3 is 10.0 Å². The van der Waals surface area contributed by atoms with Crippen LogP contribution in [0.1, 0.15) is 10.5 Å². The van der Waals surface area contributed by atoms with Gasteiger partial charge in [-0.25, -0.2) is 9.78 Å². The summed E-state index contributed by atoms with van der Waals surface area (Å²) in [6.07, 6.45) is 1.53. The van der Waals surface area contributed by atoms with E-state index in [1.54, 1.807) is 17.8 Å². The molecule has 1 aromatic rings. The number of rotatable bonds is 5. The lowest BCUT2D eigenvalue weighted by Gasteiger charge is -2.08. The molecule has 0 bridgehead atoms. The van der Waals surface area contributed by atoms with Gasteiger partial charge in [-0.3, -0.25) is 0 Å². The number of pyridine rings is 1. The van der Waals surface area contributed by atoms with Gasteiger partial charge in [0.05, 0.1) is 0 Å². The van der Waals surface area contributed by atoms with Crippen LogP contribution in [0.25, 0.3) is 0 Å². The van der Waals surface area contributed by atoms with Crippen LogP contribution in [0.4, 0.5) is 0 Å². The van der Waals surface area contributed by atoms with Gasteiger partial charge in [-0.15, -0.1) is 11.8 Å². The molecule has 1 N–H and O–H groups in total. The summed E-state index contributed by atoms with van der Waals surface area (Å²) in [5.74, 6) is -0.0409. The molecule has 0 unspecified atom stereocenters. The van der Waals surface area contributed by atoms with Gasteiger partial charge in [0, 0.05) is 23.4 Å². The zero-order valence-corrected chi connectivity index (χ0v) is 9.62. The van der Waals surface area contributed by atoms with Crippen molar-refractivity contribution >= 4 is 17.7 Å². The summed E-state index contributed by atoms with van der Waals surface area (Å²) in [7, 11) is 4.02. The number of carbonyl (C=O) groups is 1. The number of carboxylic acid groups (broad SMARTS) is 1. The molecule has 0 atom stereocenters. The topological polar surface area (TPSA) is 53.4 Å². The average molecular weight is 226 g/mol. The lowest BCUT2D eigenvalue weighted by atomic mass is 10.3. The fraction of sp³-hybridized carbons (Fsp3) is 0.400. The van der Waals surface area contributed by atoms with E-state index in [9.17, 15) is 4.79 Å². The third-order valence-electron chi connectivity index (χ3n) is 1.76. The van der Waals surface area contributed by atoms with Crippen molar-refractivity contribution in [1.29, 1.82) is 0 Å². The Balaban J connectivity index is 2.54. The molecule has 4 nitrogen and oxygen atoms in total. The molecule has 0 spiro atoms. The Labute approximate surface area is 93.3 Å². The Kier molecular flexibility index (Phi) is 4.58. The molecule has 0 fully saturated rings. The van der Waals surface area contributed by atoms with E-state index in [4.69, 9.17) is 5.11 Å². The molecule has 1 heterocycles. The van der Waals surface area contributed by atoms with Crippen molar-refractivity contribution < 1.29 is 9.90 Å². The quantitative estimate of drug-likeness (QED) is 0.770. The van der Waals surface area contributed by atoms with Crippen LogP contribution in [0, 0.1) is 0 Å². The maximum Gasteiger partial charge on any atom is 0.354 e. The molecule has 0 saturated heterocycles. The Morgan fingerprint density at radius 3 is 2.93 bits per heavy atom. The molecule has 1 aromatic heterocycles. The number of aromatic carboxylic acids is 1. The highest BCUT2D eigenvalue weighted by molar-refractivity contribution is 7.99. The summed E-state index contributed by atoms with van der Waals surface area (Å²) in [5, 5.41) is 8.74. The molecule has 82 valence electrons. The van der Waals surface area contributed by atoms with Crippen LogP contribution in [-0.4, -0.2) is 47.4 Å². The number of hydrogen-bond donors (Lipinski definition) is 1. The van der Waals surface area contributed by atoms with Gasteiger partial charge in [-0.1, -0.05) is 0 Å². The van der Waals surface area contributed by atoms with Gasteiger partial charge in [0.2, 0.25) is 0 Å². The number of hydrogen-bond acceptors (Lipinski definition) is 4. The van der Waals surface area contributed by atoms with Gasteiger partial charge >= 0.3 is 5.97 Å². The highest BCUT2D eigenvalue weighted by Crippen LogP contribution is 2.17. The third-order valence-corrected chi connectivity index (χ3v) is 2.73. The molecule has 0 amide bonds. The standard InChI is InChI=1S/C10H14N2O2S/c1-12(2)5-6-15-8-3-4-11-9(7-8)10(13)14/h3-4,7H,5-6H2,1-2H3,(H,13,14). The number of aromatic nitrogens is 1. The minimum Gasteiger partial charge on any atom is -0.477 e. The number of carboxylic acids is 1. The lowest BCUT2D eigenvalue weighted by molar-refractivity contribution is 0.0690. The highest BCUT2D eigenvalue weighted by Gasteiger charge is 2.04. The lowest BCUT2D eigenvalue weighted by Crippen LogP contribution is -2.14. The van der Waals surface area contributed by atoms with E-state index in [2.05, 4.69) is 9.88 Å². The summed E-state index contributed by atoms with van der Waals surface area (Å²) in [6, 6.07) is 3.43. The Bertz CT molecular complexity index is 342. The highest BCUT2D eigenvalue weighted by atomic mass is 32.2. The van der Waals surface area contributed by atoms with E-state index in [1.165, 1.54) is 6.20 Å². The van der Waals surface area contributed by atoms with Crippen molar-refractivity contribution in [2.24, 2.45) is 0 Å². The summed E-state index contributed by atoms with van der Waals surface area (Å²) in [4.78, 5) is 17.5. The van der Waals surface area contributed by atoms with Crippen molar-refractivity contribution in [2.45, 2.75) is 4.90 Å². The first kappa shape index (κ1) is 12.0. The molecule has 5 heteroatoms. The largest absolute Gasteiger partial charge is 0.477 e. The second kappa shape index (κ2) is 5.72. The van der Waals surface area contributed by atoms with E-state index < -0.39 is 5.97 Å². The summed E-state index contributed by atoms with van der Waals surface area (Å²) in [6.45, 7) is 0.968. The first-order valence-corrected chi connectivity index (χ1v) is 5.55. The van der Waals surface area contributed by atoms with E-state index in [-0.39, 0.29) is 5.69 Å².